The Morgan fingerprint density at radius 1 is 1.22 bits per heavy atom. The number of aromatic nitrogens is 2. The minimum Gasteiger partial charge on any atom is -0.493 e. The van der Waals surface area contributed by atoms with E-state index in [9.17, 15) is 9.59 Å². The molecular formula is C24H24ClN3O4. The second kappa shape index (κ2) is 10.6. The van der Waals surface area contributed by atoms with Crippen molar-refractivity contribution in [3.05, 3.63) is 76.8 Å². The lowest BCUT2D eigenvalue weighted by Gasteiger charge is -2.12. The minimum atomic E-state index is -0.324. The first-order valence-electron chi connectivity index (χ1n) is 10.0. The monoisotopic (exact) mass is 453 g/mol. The number of carbonyl (C=O) groups is 2. The van der Waals surface area contributed by atoms with Gasteiger partial charge in [0.05, 0.1) is 18.7 Å². The summed E-state index contributed by atoms with van der Waals surface area (Å²) in [7, 11) is 3.29. The molecule has 1 aromatic heterocycles. The molecule has 0 aliphatic heterocycles. The van der Waals surface area contributed by atoms with E-state index in [1.165, 1.54) is 13.2 Å². The normalized spacial score (nSPS) is 10.9. The van der Waals surface area contributed by atoms with Crippen LogP contribution in [0.3, 0.4) is 0 Å². The Hall–Kier alpha value is -3.58. The Kier molecular flexibility index (Phi) is 7.68. The fraction of sp³-hybridized carbons (Fsp3) is 0.208. The highest BCUT2D eigenvalue weighted by Crippen LogP contribution is 2.36. The predicted octanol–water partition coefficient (Wildman–Crippen LogP) is 4.75. The molecular weight excluding hydrogens is 430 g/mol. The van der Waals surface area contributed by atoms with Crippen LogP contribution < -0.4 is 14.8 Å². The van der Waals surface area contributed by atoms with E-state index >= 15 is 0 Å². The molecule has 1 amide bonds. The van der Waals surface area contributed by atoms with Crippen LogP contribution in [0.1, 0.15) is 35.1 Å². The van der Waals surface area contributed by atoms with Crippen LogP contribution in [-0.2, 0) is 11.8 Å². The lowest BCUT2D eigenvalue weighted by atomic mass is 10.1. The molecule has 0 saturated heterocycles. The highest BCUT2D eigenvalue weighted by Gasteiger charge is 2.14. The summed E-state index contributed by atoms with van der Waals surface area (Å²) in [4.78, 5) is 28.9. The summed E-state index contributed by atoms with van der Waals surface area (Å²) in [5, 5.41) is 3.17. The van der Waals surface area contributed by atoms with Crippen molar-refractivity contribution in [3.8, 4) is 11.5 Å². The molecule has 32 heavy (non-hydrogen) atoms. The number of hydrogen-bond acceptors (Lipinski definition) is 5. The van der Waals surface area contributed by atoms with E-state index in [2.05, 4.69) is 10.3 Å². The van der Waals surface area contributed by atoms with Crippen LogP contribution in [0.2, 0.25) is 5.02 Å². The quantitative estimate of drug-likeness (QED) is 0.373. The van der Waals surface area contributed by atoms with Gasteiger partial charge in [0.2, 0.25) is 11.7 Å². The zero-order valence-corrected chi connectivity index (χ0v) is 18.8. The summed E-state index contributed by atoms with van der Waals surface area (Å²) < 4.78 is 12.6. The largest absolute Gasteiger partial charge is 0.493 e. The van der Waals surface area contributed by atoms with E-state index in [-0.39, 0.29) is 11.7 Å². The van der Waals surface area contributed by atoms with Crippen molar-refractivity contribution in [3.63, 3.8) is 0 Å². The number of ether oxygens (including phenoxy) is 2. The first-order valence-corrected chi connectivity index (χ1v) is 10.4. The highest BCUT2D eigenvalue weighted by atomic mass is 35.5. The SMILES string of the molecule is CCCOc1c(Cl)cc(/C=C\C(=O)Nc2ccc(C(=O)c3nccn3C)cc2)cc1OC. The van der Waals surface area contributed by atoms with E-state index in [1.54, 1.807) is 66.5 Å². The fourth-order valence-electron chi connectivity index (χ4n) is 2.95. The number of methoxy groups -OCH3 is 1. The summed E-state index contributed by atoms with van der Waals surface area (Å²) in [6.07, 6.45) is 7.15. The molecule has 7 nitrogen and oxygen atoms in total. The van der Waals surface area contributed by atoms with Crippen molar-refractivity contribution >= 4 is 35.1 Å². The number of carbonyl (C=O) groups excluding carboxylic acids is 2. The number of imidazole rings is 1. The number of aryl methyl sites for hydroxylation is 1. The fourth-order valence-corrected chi connectivity index (χ4v) is 3.23. The molecule has 0 atom stereocenters. The molecule has 0 unspecified atom stereocenters. The van der Waals surface area contributed by atoms with Gasteiger partial charge < -0.3 is 19.4 Å². The summed E-state index contributed by atoms with van der Waals surface area (Å²) >= 11 is 6.31. The Bertz CT molecular complexity index is 1140. The number of hydrogen-bond donors (Lipinski definition) is 1. The zero-order chi connectivity index (χ0) is 23.1. The summed E-state index contributed by atoms with van der Waals surface area (Å²) in [5.41, 5.74) is 1.75. The Balaban J connectivity index is 1.66. The first kappa shape index (κ1) is 23.1. The number of halogens is 1. The number of amides is 1. The van der Waals surface area contributed by atoms with E-state index in [0.29, 0.717) is 45.8 Å². The van der Waals surface area contributed by atoms with Gasteiger partial charge in [-0.05, 0) is 54.5 Å². The number of nitrogens with one attached hydrogen (secondary N) is 1. The van der Waals surface area contributed by atoms with Crippen molar-refractivity contribution in [1.82, 2.24) is 9.55 Å². The van der Waals surface area contributed by atoms with Gasteiger partial charge in [-0.1, -0.05) is 18.5 Å². The van der Waals surface area contributed by atoms with E-state index in [4.69, 9.17) is 21.1 Å². The van der Waals surface area contributed by atoms with Gasteiger partial charge in [0.1, 0.15) is 0 Å². The Labute approximate surface area is 191 Å². The molecule has 166 valence electrons. The summed E-state index contributed by atoms with van der Waals surface area (Å²) in [6.45, 7) is 2.53. The smallest absolute Gasteiger partial charge is 0.248 e. The van der Waals surface area contributed by atoms with E-state index in [1.807, 2.05) is 6.92 Å². The molecule has 0 aliphatic carbocycles. The van der Waals surface area contributed by atoms with Crippen molar-refractivity contribution in [2.75, 3.05) is 19.0 Å². The third kappa shape index (κ3) is 5.56. The topological polar surface area (TPSA) is 82.5 Å². The van der Waals surface area contributed by atoms with Crippen LogP contribution in [0.25, 0.3) is 6.08 Å². The molecule has 3 aromatic rings. The Morgan fingerprint density at radius 2 is 1.97 bits per heavy atom. The third-order valence-corrected chi connectivity index (χ3v) is 4.85. The number of anilines is 1. The van der Waals surface area contributed by atoms with Crippen molar-refractivity contribution < 1.29 is 19.1 Å². The van der Waals surface area contributed by atoms with Gasteiger partial charge in [0, 0.05) is 36.8 Å². The van der Waals surface area contributed by atoms with E-state index < -0.39 is 0 Å². The highest BCUT2D eigenvalue weighted by molar-refractivity contribution is 6.32. The van der Waals surface area contributed by atoms with Crippen LogP contribution in [0, 0.1) is 0 Å². The molecule has 0 fully saturated rings. The average molecular weight is 454 g/mol. The zero-order valence-electron chi connectivity index (χ0n) is 18.1. The molecule has 0 radical (unpaired) electrons. The van der Waals surface area contributed by atoms with Gasteiger partial charge >= 0.3 is 0 Å². The molecule has 0 aliphatic rings. The number of nitrogens with zero attached hydrogens (tertiary/aromatic N) is 2. The van der Waals surface area contributed by atoms with Gasteiger partial charge in [0.15, 0.2) is 17.3 Å². The maximum atomic E-state index is 12.5. The maximum Gasteiger partial charge on any atom is 0.248 e. The lowest BCUT2D eigenvalue weighted by Crippen LogP contribution is -2.10. The second-order valence-corrected chi connectivity index (χ2v) is 7.38. The predicted molar refractivity (Wildman–Crippen MR) is 125 cm³/mol. The van der Waals surface area contributed by atoms with Crippen LogP contribution in [0.4, 0.5) is 5.69 Å². The molecule has 8 heteroatoms. The van der Waals surface area contributed by atoms with Crippen LogP contribution in [-0.4, -0.2) is 35.0 Å². The molecule has 1 heterocycles. The number of ketones is 1. The summed E-state index contributed by atoms with van der Waals surface area (Å²) in [5.74, 6) is 0.823. The molecule has 3 rings (SSSR count). The van der Waals surface area contributed by atoms with Crippen LogP contribution in [0.5, 0.6) is 11.5 Å². The van der Waals surface area contributed by atoms with Crippen LogP contribution >= 0.6 is 11.6 Å². The maximum absolute atomic E-state index is 12.5. The van der Waals surface area contributed by atoms with Gasteiger partial charge in [0.25, 0.3) is 0 Å². The molecule has 0 bridgehead atoms. The second-order valence-electron chi connectivity index (χ2n) is 6.97. The van der Waals surface area contributed by atoms with Gasteiger partial charge in [-0.15, -0.1) is 0 Å². The minimum absolute atomic E-state index is 0.188. The standard InChI is InChI=1S/C24H24ClN3O4/c1-4-13-32-23-19(25)14-16(15-20(23)31-3)5-10-21(29)27-18-8-6-17(7-9-18)22(30)24-26-11-12-28(24)2/h5-12,14-15H,4,13H2,1-3H3,(H,27,29)/b10-5-. The Morgan fingerprint density at radius 3 is 2.59 bits per heavy atom. The van der Waals surface area contributed by atoms with E-state index in [0.717, 1.165) is 6.42 Å². The van der Waals surface area contributed by atoms with Crippen molar-refractivity contribution in [1.29, 1.82) is 0 Å². The third-order valence-electron chi connectivity index (χ3n) is 4.57. The number of rotatable bonds is 9. The number of benzene rings is 2. The molecule has 2 aromatic carbocycles. The van der Waals surface area contributed by atoms with Crippen molar-refractivity contribution in [2.45, 2.75) is 13.3 Å². The molecule has 1 N–H and O–H groups in total. The molecule has 0 saturated carbocycles. The average Bonchev–Trinajstić information content (AvgIpc) is 3.22. The lowest BCUT2D eigenvalue weighted by molar-refractivity contribution is -0.111. The first-order chi connectivity index (χ1) is 15.4. The molecule has 0 spiro atoms. The van der Waals surface area contributed by atoms with Gasteiger partial charge in [-0.25, -0.2) is 4.98 Å². The van der Waals surface area contributed by atoms with Crippen LogP contribution in [0.15, 0.2) is 54.9 Å². The summed E-state index contributed by atoms with van der Waals surface area (Å²) in [6, 6.07) is 10.1. The van der Waals surface area contributed by atoms with Gasteiger partial charge in [-0.2, -0.15) is 0 Å². The van der Waals surface area contributed by atoms with Crippen molar-refractivity contribution in [2.24, 2.45) is 7.05 Å². The van der Waals surface area contributed by atoms with Gasteiger partial charge in [-0.3, -0.25) is 9.59 Å².